The van der Waals surface area contributed by atoms with Crippen LogP contribution in [0.25, 0.3) is 0 Å². The normalized spacial score (nSPS) is 29.3. The van der Waals surface area contributed by atoms with Gasteiger partial charge in [0.25, 0.3) is 0 Å². The van der Waals surface area contributed by atoms with Gasteiger partial charge in [0, 0.05) is 42.6 Å². The Balaban J connectivity index is 0.00000264. The monoisotopic (exact) mass is 438 g/mol. The molecule has 3 N–H and O–H groups in total. The van der Waals surface area contributed by atoms with Crippen molar-refractivity contribution in [2.24, 2.45) is 16.3 Å². The average molecular weight is 438 g/mol. The summed E-state index contributed by atoms with van der Waals surface area (Å²) in [7, 11) is 0. The fourth-order valence-electron chi connectivity index (χ4n) is 3.68. The standard InChI is InChI=1S/C17H34N4O.HI/c1-7-18-15(19-9-10-20-16(2,3)4)21-13-12-8-11-22-14(12)17(13,5)6;/h12-14,20H,7-11H2,1-6H3,(H2,18,19,21);1H. The number of nitrogens with one attached hydrogen (secondary N) is 3. The molecular formula is C17H35IN4O. The second-order valence-corrected chi connectivity index (χ2v) is 8.12. The Kier molecular flexibility index (Phi) is 7.60. The molecule has 2 rings (SSSR count). The van der Waals surface area contributed by atoms with Crippen LogP contribution in [-0.4, -0.2) is 49.9 Å². The smallest absolute Gasteiger partial charge is 0.191 e. The van der Waals surface area contributed by atoms with Crippen LogP contribution in [0.2, 0.25) is 0 Å². The molecule has 0 bridgehead atoms. The highest BCUT2D eigenvalue weighted by molar-refractivity contribution is 14.0. The summed E-state index contributed by atoms with van der Waals surface area (Å²) in [5.74, 6) is 1.56. The van der Waals surface area contributed by atoms with Gasteiger partial charge in [-0.15, -0.1) is 24.0 Å². The summed E-state index contributed by atoms with van der Waals surface area (Å²) >= 11 is 0. The summed E-state index contributed by atoms with van der Waals surface area (Å²) in [6.45, 7) is 16.7. The number of hydrogen-bond acceptors (Lipinski definition) is 3. The summed E-state index contributed by atoms with van der Waals surface area (Å²) in [5.41, 5.74) is 0.326. The fraction of sp³-hybridized carbons (Fsp3) is 0.941. The van der Waals surface area contributed by atoms with Gasteiger partial charge >= 0.3 is 0 Å². The van der Waals surface area contributed by atoms with E-state index in [9.17, 15) is 0 Å². The molecule has 1 aliphatic carbocycles. The molecule has 0 radical (unpaired) electrons. The van der Waals surface area contributed by atoms with Gasteiger partial charge in [-0.3, -0.25) is 4.99 Å². The Morgan fingerprint density at radius 1 is 1.30 bits per heavy atom. The van der Waals surface area contributed by atoms with Crippen molar-refractivity contribution in [2.75, 3.05) is 26.2 Å². The Hall–Kier alpha value is -0.0800. The quantitative estimate of drug-likeness (QED) is 0.267. The molecule has 2 fully saturated rings. The summed E-state index contributed by atoms with van der Waals surface area (Å²) in [5, 5.41) is 10.5. The number of halogens is 1. The van der Waals surface area contributed by atoms with Crippen LogP contribution in [0.3, 0.4) is 0 Å². The molecule has 1 aliphatic heterocycles. The summed E-state index contributed by atoms with van der Waals surface area (Å²) in [6.07, 6.45) is 1.58. The molecule has 3 atom stereocenters. The molecule has 5 nitrogen and oxygen atoms in total. The van der Waals surface area contributed by atoms with Gasteiger partial charge in [0.1, 0.15) is 0 Å². The van der Waals surface area contributed by atoms with E-state index < -0.39 is 0 Å². The van der Waals surface area contributed by atoms with Crippen LogP contribution < -0.4 is 16.0 Å². The van der Waals surface area contributed by atoms with Crippen molar-refractivity contribution >= 4 is 29.9 Å². The zero-order chi connectivity index (χ0) is 16.4. The SMILES string of the molecule is CCNC(=NCCNC(C)(C)C)NC1C2CCOC2C1(C)C.I. The lowest BCUT2D eigenvalue weighted by Crippen LogP contribution is -2.68. The van der Waals surface area contributed by atoms with Crippen molar-refractivity contribution < 1.29 is 4.74 Å². The molecule has 23 heavy (non-hydrogen) atoms. The first-order valence-corrected chi connectivity index (χ1v) is 8.67. The molecule has 0 aromatic carbocycles. The van der Waals surface area contributed by atoms with Crippen LogP contribution in [0.4, 0.5) is 0 Å². The van der Waals surface area contributed by atoms with Crippen LogP contribution in [0, 0.1) is 11.3 Å². The summed E-state index contributed by atoms with van der Waals surface area (Å²) in [4.78, 5) is 4.71. The highest BCUT2D eigenvalue weighted by Crippen LogP contribution is 2.52. The van der Waals surface area contributed by atoms with E-state index >= 15 is 0 Å². The van der Waals surface area contributed by atoms with E-state index in [4.69, 9.17) is 9.73 Å². The van der Waals surface area contributed by atoms with E-state index in [2.05, 4.69) is 57.5 Å². The number of rotatable bonds is 5. The molecule has 136 valence electrons. The van der Waals surface area contributed by atoms with Gasteiger partial charge in [0.2, 0.25) is 0 Å². The van der Waals surface area contributed by atoms with Gasteiger partial charge in [-0.25, -0.2) is 0 Å². The van der Waals surface area contributed by atoms with Crippen molar-refractivity contribution in [1.82, 2.24) is 16.0 Å². The molecular weight excluding hydrogens is 403 g/mol. The van der Waals surface area contributed by atoms with E-state index in [-0.39, 0.29) is 34.9 Å². The third-order valence-corrected chi connectivity index (χ3v) is 4.77. The van der Waals surface area contributed by atoms with E-state index in [1.54, 1.807) is 0 Å². The molecule has 0 spiro atoms. The van der Waals surface area contributed by atoms with E-state index in [1.165, 1.54) is 0 Å². The van der Waals surface area contributed by atoms with Crippen LogP contribution in [0.1, 0.15) is 48.0 Å². The zero-order valence-corrected chi connectivity index (χ0v) is 17.9. The van der Waals surface area contributed by atoms with E-state index in [0.717, 1.165) is 38.6 Å². The highest BCUT2D eigenvalue weighted by Gasteiger charge is 2.59. The fourth-order valence-corrected chi connectivity index (χ4v) is 3.68. The lowest BCUT2D eigenvalue weighted by Gasteiger charge is -2.54. The topological polar surface area (TPSA) is 57.7 Å². The molecule has 0 amide bonds. The van der Waals surface area contributed by atoms with Crippen LogP contribution >= 0.6 is 24.0 Å². The van der Waals surface area contributed by atoms with E-state index in [1.807, 2.05) is 0 Å². The van der Waals surface area contributed by atoms with Crippen molar-refractivity contribution in [1.29, 1.82) is 0 Å². The molecule has 1 heterocycles. The third kappa shape index (κ3) is 5.19. The predicted molar refractivity (Wildman–Crippen MR) is 108 cm³/mol. The molecule has 1 saturated carbocycles. The van der Waals surface area contributed by atoms with Gasteiger partial charge < -0.3 is 20.7 Å². The minimum Gasteiger partial charge on any atom is -0.377 e. The highest BCUT2D eigenvalue weighted by atomic mass is 127. The molecule has 6 heteroatoms. The number of aliphatic imine (C=N–C) groups is 1. The van der Waals surface area contributed by atoms with E-state index in [0.29, 0.717) is 18.1 Å². The molecule has 2 aliphatic rings. The number of ether oxygens (including phenoxy) is 1. The Bertz CT molecular complexity index is 406. The number of fused-ring (bicyclic) bond motifs is 1. The first-order chi connectivity index (χ1) is 10.3. The first kappa shape index (κ1) is 21.0. The Morgan fingerprint density at radius 3 is 2.61 bits per heavy atom. The Morgan fingerprint density at radius 2 is 2.00 bits per heavy atom. The zero-order valence-electron chi connectivity index (χ0n) is 15.5. The van der Waals surface area contributed by atoms with Gasteiger partial charge in [-0.1, -0.05) is 13.8 Å². The minimum atomic E-state index is 0. The van der Waals surface area contributed by atoms with Gasteiger partial charge in [-0.05, 0) is 34.1 Å². The van der Waals surface area contributed by atoms with Crippen molar-refractivity contribution in [2.45, 2.75) is 65.6 Å². The predicted octanol–water partition coefficient (Wildman–Crippen LogP) is 2.36. The lowest BCUT2D eigenvalue weighted by atomic mass is 9.57. The van der Waals surface area contributed by atoms with Crippen LogP contribution in [0.15, 0.2) is 4.99 Å². The maximum absolute atomic E-state index is 5.86. The molecule has 0 aromatic rings. The van der Waals surface area contributed by atoms with Gasteiger partial charge in [-0.2, -0.15) is 0 Å². The average Bonchev–Trinajstić information content (AvgIpc) is 2.86. The summed E-state index contributed by atoms with van der Waals surface area (Å²) in [6, 6.07) is 0.452. The second-order valence-electron chi connectivity index (χ2n) is 8.12. The largest absolute Gasteiger partial charge is 0.377 e. The number of nitrogens with zero attached hydrogens (tertiary/aromatic N) is 1. The maximum atomic E-state index is 5.86. The Labute approximate surface area is 158 Å². The minimum absolute atomic E-state index is 0. The van der Waals surface area contributed by atoms with Crippen LogP contribution in [-0.2, 0) is 4.74 Å². The molecule has 0 aromatic heterocycles. The van der Waals surface area contributed by atoms with Gasteiger partial charge in [0.15, 0.2) is 5.96 Å². The molecule has 3 unspecified atom stereocenters. The lowest BCUT2D eigenvalue weighted by molar-refractivity contribution is -0.106. The second kappa shape index (κ2) is 8.34. The number of hydrogen-bond donors (Lipinski definition) is 3. The van der Waals surface area contributed by atoms with Crippen molar-refractivity contribution in [3.05, 3.63) is 0 Å². The first-order valence-electron chi connectivity index (χ1n) is 8.67. The van der Waals surface area contributed by atoms with Crippen molar-refractivity contribution in [3.63, 3.8) is 0 Å². The van der Waals surface area contributed by atoms with Gasteiger partial charge in [0.05, 0.1) is 12.6 Å². The maximum Gasteiger partial charge on any atom is 0.191 e. The number of guanidine groups is 1. The molecule has 1 saturated heterocycles. The third-order valence-electron chi connectivity index (χ3n) is 4.77. The van der Waals surface area contributed by atoms with Crippen molar-refractivity contribution in [3.8, 4) is 0 Å². The summed E-state index contributed by atoms with van der Waals surface area (Å²) < 4.78 is 5.86. The van der Waals surface area contributed by atoms with Crippen LogP contribution in [0.5, 0.6) is 0 Å².